The van der Waals surface area contributed by atoms with E-state index in [0.717, 1.165) is 31.6 Å². The number of hydrogen-bond donors (Lipinski definition) is 2. The molecule has 4 heteroatoms. The molecule has 0 atom stereocenters. The number of anilines is 1. The zero-order valence-corrected chi connectivity index (χ0v) is 8.57. The van der Waals surface area contributed by atoms with E-state index in [2.05, 4.69) is 15.8 Å². The highest BCUT2D eigenvalue weighted by Crippen LogP contribution is 2.25. The maximum Gasteiger partial charge on any atom is 0.131 e. The first kappa shape index (κ1) is 10.1. The van der Waals surface area contributed by atoms with E-state index in [4.69, 9.17) is 0 Å². The number of nitrogens with zero attached hydrogens (tertiary/aromatic N) is 1. The van der Waals surface area contributed by atoms with Crippen LogP contribution in [0.5, 0.6) is 0 Å². The summed E-state index contributed by atoms with van der Waals surface area (Å²) in [7, 11) is 0. The molecule has 1 aromatic rings. The number of benzene rings is 1. The number of piperidine rings is 1. The van der Waals surface area contributed by atoms with E-state index >= 15 is 0 Å². The minimum absolute atomic E-state index is 0.453. The average molecular weight is 205 g/mol. The molecular formula is C11H15N3O. The molecular weight excluding hydrogens is 190 g/mol. The number of nitrogens with one attached hydrogen (secondary N) is 2. The van der Waals surface area contributed by atoms with Gasteiger partial charge < -0.3 is 10.6 Å². The molecule has 0 spiro atoms. The molecule has 0 bridgehead atoms. The molecule has 1 aliphatic heterocycles. The molecule has 1 fully saturated rings. The highest BCUT2D eigenvalue weighted by molar-refractivity contribution is 5.65. The Morgan fingerprint density at radius 2 is 2.00 bits per heavy atom. The van der Waals surface area contributed by atoms with Crippen molar-refractivity contribution in [2.24, 2.45) is 5.18 Å². The van der Waals surface area contributed by atoms with E-state index in [-0.39, 0.29) is 0 Å². The summed E-state index contributed by atoms with van der Waals surface area (Å²) in [5.74, 6) is 0. The summed E-state index contributed by atoms with van der Waals surface area (Å²) in [6, 6.07) is 7.83. The molecule has 1 heterocycles. The first-order valence-electron chi connectivity index (χ1n) is 5.30. The van der Waals surface area contributed by atoms with Crippen LogP contribution < -0.4 is 10.6 Å². The van der Waals surface area contributed by atoms with Gasteiger partial charge in [-0.3, -0.25) is 0 Å². The fraction of sp³-hybridized carbons (Fsp3) is 0.455. The highest BCUT2D eigenvalue weighted by Gasteiger charge is 2.13. The zero-order valence-electron chi connectivity index (χ0n) is 8.57. The SMILES string of the molecule is O=Nc1ccccc1NC1CCNCC1. The molecule has 0 aliphatic carbocycles. The molecule has 0 radical (unpaired) electrons. The largest absolute Gasteiger partial charge is 0.380 e. The molecule has 1 saturated heterocycles. The van der Waals surface area contributed by atoms with Gasteiger partial charge in [0.25, 0.3) is 0 Å². The smallest absolute Gasteiger partial charge is 0.131 e. The zero-order chi connectivity index (χ0) is 10.5. The van der Waals surface area contributed by atoms with Crippen LogP contribution in [0.25, 0.3) is 0 Å². The summed E-state index contributed by atoms with van der Waals surface area (Å²) in [4.78, 5) is 10.6. The predicted molar refractivity (Wildman–Crippen MR) is 61.4 cm³/mol. The Labute approximate surface area is 89.0 Å². The Kier molecular flexibility index (Phi) is 3.29. The first-order chi connectivity index (χ1) is 7.40. The number of hydrogen-bond acceptors (Lipinski definition) is 4. The van der Waals surface area contributed by atoms with Crippen LogP contribution in [-0.2, 0) is 0 Å². The van der Waals surface area contributed by atoms with Crippen molar-refractivity contribution in [2.45, 2.75) is 18.9 Å². The van der Waals surface area contributed by atoms with Crippen molar-refractivity contribution in [2.75, 3.05) is 18.4 Å². The van der Waals surface area contributed by atoms with E-state index in [9.17, 15) is 4.91 Å². The molecule has 0 aromatic heterocycles. The van der Waals surface area contributed by atoms with Gasteiger partial charge in [-0.2, -0.15) is 0 Å². The minimum Gasteiger partial charge on any atom is -0.380 e. The fourth-order valence-corrected chi connectivity index (χ4v) is 1.86. The Balaban J connectivity index is 2.05. The van der Waals surface area contributed by atoms with Crippen LogP contribution in [0.15, 0.2) is 29.4 Å². The Morgan fingerprint density at radius 1 is 1.27 bits per heavy atom. The quantitative estimate of drug-likeness (QED) is 0.744. The molecule has 0 saturated carbocycles. The molecule has 1 aliphatic rings. The Bertz CT molecular complexity index is 334. The summed E-state index contributed by atoms with van der Waals surface area (Å²) < 4.78 is 0. The fourth-order valence-electron chi connectivity index (χ4n) is 1.86. The van der Waals surface area contributed by atoms with Crippen molar-refractivity contribution >= 4 is 11.4 Å². The minimum atomic E-state index is 0.453. The maximum absolute atomic E-state index is 10.6. The monoisotopic (exact) mass is 205 g/mol. The van der Waals surface area contributed by atoms with Crippen molar-refractivity contribution in [1.29, 1.82) is 0 Å². The van der Waals surface area contributed by atoms with Gasteiger partial charge in [0.05, 0.1) is 5.69 Å². The summed E-state index contributed by atoms with van der Waals surface area (Å²) >= 11 is 0. The third kappa shape index (κ3) is 2.53. The van der Waals surface area contributed by atoms with Gasteiger partial charge >= 0.3 is 0 Å². The Morgan fingerprint density at radius 3 is 2.73 bits per heavy atom. The molecule has 2 N–H and O–H groups in total. The molecule has 0 unspecified atom stereocenters. The third-order valence-electron chi connectivity index (χ3n) is 2.70. The maximum atomic E-state index is 10.6. The van der Waals surface area contributed by atoms with Gasteiger partial charge in [-0.05, 0) is 43.2 Å². The van der Waals surface area contributed by atoms with Crippen molar-refractivity contribution in [3.63, 3.8) is 0 Å². The van der Waals surface area contributed by atoms with Gasteiger partial charge in [0.1, 0.15) is 5.69 Å². The van der Waals surface area contributed by atoms with Gasteiger partial charge in [-0.15, -0.1) is 4.91 Å². The topological polar surface area (TPSA) is 53.5 Å². The summed E-state index contributed by atoms with van der Waals surface area (Å²) in [5.41, 5.74) is 1.34. The van der Waals surface area contributed by atoms with Gasteiger partial charge in [-0.25, -0.2) is 0 Å². The molecule has 1 aromatic carbocycles. The second-order valence-corrected chi connectivity index (χ2v) is 3.78. The molecule has 15 heavy (non-hydrogen) atoms. The van der Waals surface area contributed by atoms with Crippen LogP contribution >= 0.6 is 0 Å². The Hall–Kier alpha value is -1.42. The van der Waals surface area contributed by atoms with Crippen LogP contribution in [0.2, 0.25) is 0 Å². The van der Waals surface area contributed by atoms with Crippen molar-refractivity contribution in [3.8, 4) is 0 Å². The van der Waals surface area contributed by atoms with Crippen LogP contribution in [0, 0.1) is 4.91 Å². The van der Waals surface area contributed by atoms with Crippen molar-refractivity contribution in [3.05, 3.63) is 29.2 Å². The number of rotatable bonds is 3. The summed E-state index contributed by atoms with van der Waals surface area (Å²) in [6.45, 7) is 2.07. The number of para-hydroxylation sites is 1. The van der Waals surface area contributed by atoms with Gasteiger partial charge in [0.2, 0.25) is 0 Å². The summed E-state index contributed by atoms with van der Waals surface area (Å²) in [6.07, 6.45) is 2.18. The molecule has 80 valence electrons. The predicted octanol–water partition coefficient (Wildman–Crippen LogP) is 2.25. The van der Waals surface area contributed by atoms with E-state index in [0.29, 0.717) is 11.7 Å². The summed E-state index contributed by atoms with van der Waals surface area (Å²) in [5, 5.41) is 9.68. The van der Waals surface area contributed by atoms with Crippen molar-refractivity contribution < 1.29 is 0 Å². The normalized spacial score (nSPS) is 17.3. The molecule has 0 amide bonds. The van der Waals surface area contributed by atoms with Crippen LogP contribution in [-0.4, -0.2) is 19.1 Å². The van der Waals surface area contributed by atoms with E-state index in [1.165, 1.54) is 0 Å². The van der Waals surface area contributed by atoms with Gasteiger partial charge in [0.15, 0.2) is 0 Å². The molecule has 4 nitrogen and oxygen atoms in total. The average Bonchev–Trinajstić information content (AvgIpc) is 2.31. The van der Waals surface area contributed by atoms with Crippen LogP contribution in [0.3, 0.4) is 0 Å². The lowest BCUT2D eigenvalue weighted by Gasteiger charge is -2.24. The van der Waals surface area contributed by atoms with Gasteiger partial charge in [-0.1, -0.05) is 12.1 Å². The van der Waals surface area contributed by atoms with E-state index in [1.807, 2.05) is 18.2 Å². The third-order valence-corrected chi connectivity index (χ3v) is 2.70. The van der Waals surface area contributed by atoms with Crippen molar-refractivity contribution in [1.82, 2.24) is 5.32 Å². The highest BCUT2D eigenvalue weighted by atomic mass is 16.3. The van der Waals surface area contributed by atoms with Gasteiger partial charge in [0, 0.05) is 6.04 Å². The van der Waals surface area contributed by atoms with Crippen LogP contribution in [0.1, 0.15) is 12.8 Å². The second-order valence-electron chi connectivity index (χ2n) is 3.78. The number of nitroso groups, excluding NO2 is 1. The molecule has 2 rings (SSSR count). The lowest BCUT2D eigenvalue weighted by molar-refractivity contribution is 0.479. The lowest BCUT2D eigenvalue weighted by Crippen LogP contribution is -2.35. The van der Waals surface area contributed by atoms with Crippen LogP contribution in [0.4, 0.5) is 11.4 Å². The lowest BCUT2D eigenvalue weighted by atomic mass is 10.1. The van der Waals surface area contributed by atoms with E-state index in [1.54, 1.807) is 6.07 Å². The van der Waals surface area contributed by atoms with E-state index < -0.39 is 0 Å². The standard InChI is InChI=1S/C11H15N3O/c15-14-11-4-2-1-3-10(11)13-9-5-7-12-8-6-9/h1-4,9,12-13H,5-8H2. The first-order valence-corrected chi connectivity index (χ1v) is 5.30. The second kappa shape index (κ2) is 4.89.